The summed E-state index contributed by atoms with van der Waals surface area (Å²) < 4.78 is 1.96. The second-order valence-corrected chi connectivity index (χ2v) is 5.34. The lowest BCUT2D eigenvalue weighted by Gasteiger charge is -2.18. The van der Waals surface area contributed by atoms with Crippen molar-refractivity contribution in [3.63, 3.8) is 0 Å². The Balaban J connectivity index is 2.03. The topological polar surface area (TPSA) is 55.6 Å². The largest absolute Gasteiger partial charge is 0.361 e. The van der Waals surface area contributed by atoms with E-state index in [0.717, 1.165) is 35.5 Å². The van der Waals surface area contributed by atoms with E-state index in [4.69, 9.17) is 0 Å². The fourth-order valence-corrected chi connectivity index (χ4v) is 2.77. The number of aromatic nitrogens is 4. The number of nitrogens with one attached hydrogen (secondary N) is 1. The van der Waals surface area contributed by atoms with E-state index < -0.39 is 0 Å². The quantitative estimate of drug-likeness (QED) is 0.779. The van der Waals surface area contributed by atoms with Crippen LogP contribution < -0.4 is 5.32 Å². The Hall–Kier alpha value is -2.43. The van der Waals surface area contributed by atoms with E-state index >= 15 is 0 Å². The maximum absolute atomic E-state index is 4.55. The van der Waals surface area contributed by atoms with Crippen molar-refractivity contribution in [3.8, 4) is 0 Å². The lowest BCUT2D eigenvalue weighted by Crippen LogP contribution is -2.12. The van der Waals surface area contributed by atoms with Crippen LogP contribution in [0.1, 0.15) is 37.6 Å². The van der Waals surface area contributed by atoms with Gasteiger partial charge in [-0.3, -0.25) is 4.68 Å². The van der Waals surface area contributed by atoms with Crippen LogP contribution >= 0.6 is 0 Å². The molecule has 22 heavy (non-hydrogen) atoms. The molecule has 1 N–H and O–H groups in total. The first kappa shape index (κ1) is 14.5. The predicted octanol–water partition coefficient (Wildman–Crippen LogP) is 3.72. The minimum atomic E-state index is 0.222. The molecule has 5 nitrogen and oxygen atoms in total. The summed E-state index contributed by atoms with van der Waals surface area (Å²) in [5.41, 5.74) is 4.10. The summed E-state index contributed by atoms with van der Waals surface area (Å²) in [6, 6.07) is 10.7. The Bertz CT molecular complexity index is 763. The van der Waals surface area contributed by atoms with Crippen molar-refractivity contribution in [2.24, 2.45) is 0 Å². The number of benzene rings is 1. The summed E-state index contributed by atoms with van der Waals surface area (Å²) in [7, 11) is 0. The highest BCUT2D eigenvalue weighted by Crippen LogP contribution is 2.27. The van der Waals surface area contributed by atoms with Crippen LogP contribution in [0.4, 0.5) is 5.82 Å². The molecule has 0 radical (unpaired) electrons. The molecule has 0 aliphatic rings. The van der Waals surface area contributed by atoms with Crippen LogP contribution in [0, 0.1) is 6.92 Å². The average molecular weight is 295 g/mol. The van der Waals surface area contributed by atoms with E-state index in [1.54, 1.807) is 6.33 Å². The van der Waals surface area contributed by atoms with Gasteiger partial charge >= 0.3 is 0 Å². The standard InChI is InChI=1S/C17H21N5/c1-4-14(13-9-7-6-8-10-13)20-17-16-15(18-11-19-17)12(3)21-22(16)5-2/h6-11,14H,4-5H2,1-3H3,(H,18,19,20). The van der Waals surface area contributed by atoms with Crippen molar-refractivity contribution in [1.29, 1.82) is 0 Å². The van der Waals surface area contributed by atoms with E-state index in [1.165, 1.54) is 5.56 Å². The molecule has 2 aromatic heterocycles. The molecule has 2 heterocycles. The normalized spacial score (nSPS) is 12.5. The zero-order valence-corrected chi connectivity index (χ0v) is 13.2. The van der Waals surface area contributed by atoms with E-state index in [-0.39, 0.29) is 6.04 Å². The second kappa shape index (κ2) is 6.13. The molecule has 0 fully saturated rings. The molecular weight excluding hydrogens is 274 g/mol. The molecule has 0 saturated heterocycles. The number of hydrogen-bond acceptors (Lipinski definition) is 4. The van der Waals surface area contributed by atoms with E-state index in [0.29, 0.717) is 0 Å². The highest BCUT2D eigenvalue weighted by molar-refractivity contribution is 5.87. The monoisotopic (exact) mass is 295 g/mol. The lowest BCUT2D eigenvalue weighted by atomic mass is 10.0. The molecule has 0 aliphatic heterocycles. The molecule has 0 spiro atoms. The predicted molar refractivity (Wildman–Crippen MR) is 88.8 cm³/mol. The van der Waals surface area contributed by atoms with Gasteiger partial charge in [0.15, 0.2) is 5.82 Å². The maximum Gasteiger partial charge on any atom is 0.156 e. The van der Waals surface area contributed by atoms with Crippen molar-refractivity contribution in [2.75, 3.05) is 5.32 Å². The SMILES string of the molecule is CCC(Nc1ncnc2c(C)nn(CC)c12)c1ccccc1. The third-order valence-electron chi connectivity index (χ3n) is 3.91. The average Bonchev–Trinajstić information content (AvgIpc) is 2.90. The van der Waals surface area contributed by atoms with E-state index in [9.17, 15) is 0 Å². The van der Waals surface area contributed by atoms with Crippen molar-refractivity contribution >= 4 is 16.9 Å². The fourth-order valence-electron chi connectivity index (χ4n) is 2.77. The highest BCUT2D eigenvalue weighted by Gasteiger charge is 2.16. The number of aryl methyl sites for hydroxylation is 2. The van der Waals surface area contributed by atoms with Gasteiger partial charge in [0, 0.05) is 6.54 Å². The van der Waals surface area contributed by atoms with E-state index in [1.807, 2.05) is 17.7 Å². The van der Waals surface area contributed by atoms with Gasteiger partial charge in [0.1, 0.15) is 17.4 Å². The Labute approximate surface area is 130 Å². The molecule has 0 saturated carbocycles. The molecule has 114 valence electrons. The van der Waals surface area contributed by atoms with Crippen molar-refractivity contribution in [2.45, 2.75) is 39.8 Å². The van der Waals surface area contributed by atoms with Gasteiger partial charge in [-0.05, 0) is 25.8 Å². The Morgan fingerprint density at radius 1 is 1.14 bits per heavy atom. The second-order valence-electron chi connectivity index (χ2n) is 5.34. The third-order valence-corrected chi connectivity index (χ3v) is 3.91. The first-order chi connectivity index (χ1) is 10.7. The highest BCUT2D eigenvalue weighted by atomic mass is 15.3. The van der Waals surface area contributed by atoms with Gasteiger partial charge in [0.05, 0.1) is 11.7 Å². The first-order valence-electron chi connectivity index (χ1n) is 7.74. The van der Waals surface area contributed by atoms with Gasteiger partial charge in [0.25, 0.3) is 0 Å². The molecule has 1 atom stereocenters. The maximum atomic E-state index is 4.55. The molecule has 5 heteroatoms. The number of rotatable bonds is 5. The smallest absolute Gasteiger partial charge is 0.156 e. The molecule has 3 aromatic rings. The van der Waals surface area contributed by atoms with Crippen LogP contribution in [-0.2, 0) is 6.54 Å². The molecule has 3 rings (SSSR count). The van der Waals surface area contributed by atoms with Crippen LogP contribution in [0.15, 0.2) is 36.7 Å². The summed E-state index contributed by atoms with van der Waals surface area (Å²) in [5.74, 6) is 0.850. The molecule has 1 aromatic carbocycles. The number of anilines is 1. The summed E-state index contributed by atoms with van der Waals surface area (Å²) in [4.78, 5) is 8.84. The van der Waals surface area contributed by atoms with Crippen LogP contribution in [0.3, 0.4) is 0 Å². The van der Waals surface area contributed by atoms with Gasteiger partial charge in [-0.2, -0.15) is 5.10 Å². The summed E-state index contributed by atoms with van der Waals surface area (Å²) in [5, 5.41) is 8.11. The number of hydrogen-bond donors (Lipinski definition) is 1. The van der Waals surface area contributed by atoms with Gasteiger partial charge in [-0.15, -0.1) is 0 Å². The molecule has 1 unspecified atom stereocenters. The van der Waals surface area contributed by atoms with Crippen molar-refractivity contribution in [1.82, 2.24) is 19.7 Å². The van der Waals surface area contributed by atoms with Crippen LogP contribution in [0.5, 0.6) is 0 Å². The van der Waals surface area contributed by atoms with Crippen LogP contribution in [0.25, 0.3) is 11.0 Å². The molecule has 0 bridgehead atoms. The minimum absolute atomic E-state index is 0.222. The van der Waals surface area contributed by atoms with E-state index in [2.05, 4.69) is 58.5 Å². The van der Waals surface area contributed by atoms with Crippen molar-refractivity contribution < 1.29 is 0 Å². The Morgan fingerprint density at radius 2 is 1.91 bits per heavy atom. The minimum Gasteiger partial charge on any atom is -0.361 e. The summed E-state index contributed by atoms with van der Waals surface area (Å²) in [6.45, 7) is 7.04. The summed E-state index contributed by atoms with van der Waals surface area (Å²) in [6.07, 6.45) is 2.59. The molecule has 0 aliphatic carbocycles. The zero-order valence-electron chi connectivity index (χ0n) is 13.2. The number of fused-ring (bicyclic) bond motifs is 1. The third kappa shape index (κ3) is 2.54. The Kier molecular flexibility index (Phi) is 4.04. The first-order valence-corrected chi connectivity index (χ1v) is 7.74. The zero-order chi connectivity index (χ0) is 15.5. The van der Waals surface area contributed by atoms with Crippen molar-refractivity contribution in [3.05, 3.63) is 47.9 Å². The molecule has 0 amide bonds. The van der Waals surface area contributed by atoms with Gasteiger partial charge < -0.3 is 5.32 Å². The lowest BCUT2D eigenvalue weighted by molar-refractivity contribution is 0.673. The molecular formula is C17H21N5. The van der Waals surface area contributed by atoms with Crippen LogP contribution in [0.2, 0.25) is 0 Å². The van der Waals surface area contributed by atoms with Crippen LogP contribution in [-0.4, -0.2) is 19.7 Å². The fraction of sp³-hybridized carbons (Fsp3) is 0.353. The summed E-state index contributed by atoms with van der Waals surface area (Å²) >= 11 is 0. The number of nitrogens with zero attached hydrogens (tertiary/aromatic N) is 4. The van der Waals surface area contributed by atoms with Gasteiger partial charge in [-0.25, -0.2) is 9.97 Å². The van der Waals surface area contributed by atoms with Gasteiger partial charge in [0.2, 0.25) is 0 Å². The Morgan fingerprint density at radius 3 is 2.59 bits per heavy atom. The van der Waals surface area contributed by atoms with Gasteiger partial charge in [-0.1, -0.05) is 37.3 Å².